The van der Waals surface area contributed by atoms with Crippen LogP contribution < -0.4 is 4.90 Å². The van der Waals surface area contributed by atoms with Crippen LogP contribution in [0.1, 0.15) is 11.3 Å². The largest absolute Gasteiger partial charge is 0.502 e. The molecule has 2 rings (SSSR count). The SMILES string of the molecule is C=C(c1ccccc1)c1cccc(N(C)C(=COC)C(=O)OC)n1. The molecule has 0 aliphatic carbocycles. The number of nitrogens with zero attached hydrogens (tertiary/aromatic N) is 2. The molecule has 0 aliphatic rings. The van der Waals surface area contributed by atoms with Crippen molar-refractivity contribution in [3.8, 4) is 0 Å². The van der Waals surface area contributed by atoms with Crippen LogP contribution in [0.25, 0.3) is 5.57 Å². The molecule has 0 fully saturated rings. The predicted octanol–water partition coefficient (Wildman–Crippen LogP) is 3.24. The molecule has 0 unspecified atom stereocenters. The van der Waals surface area contributed by atoms with E-state index in [9.17, 15) is 4.79 Å². The average Bonchev–Trinajstić information content (AvgIpc) is 2.65. The van der Waals surface area contributed by atoms with Gasteiger partial charge in [0.25, 0.3) is 0 Å². The number of anilines is 1. The number of aromatic nitrogens is 1. The van der Waals surface area contributed by atoms with E-state index in [1.54, 1.807) is 18.0 Å². The maximum atomic E-state index is 11.9. The van der Waals surface area contributed by atoms with Crippen LogP contribution in [-0.4, -0.2) is 32.2 Å². The van der Waals surface area contributed by atoms with E-state index in [1.165, 1.54) is 20.5 Å². The predicted molar refractivity (Wildman–Crippen MR) is 94.3 cm³/mol. The molecule has 24 heavy (non-hydrogen) atoms. The van der Waals surface area contributed by atoms with Crippen LogP contribution in [0.2, 0.25) is 0 Å². The van der Waals surface area contributed by atoms with Crippen molar-refractivity contribution in [2.24, 2.45) is 0 Å². The zero-order valence-corrected chi connectivity index (χ0v) is 14.0. The van der Waals surface area contributed by atoms with Crippen LogP contribution in [0, 0.1) is 0 Å². The van der Waals surface area contributed by atoms with Crippen LogP contribution in [0.3, 0.4) is 0 Å². The number of likely N-dealkylation sites (N-methyl/N-ethyl adjacent to an activating group) is 1. The number of benzene rings is 1. The third kappa shape index (κ3) is 3.81. The second kappa shape index (κ2) is 7.97. The third-order valence-corrected chi connectivity index (χ3v) is 3.49. The van der Waals surface area contributed by atoms with E-state index in [0.717, 1.165) is 16.8 Å². The van der Waals surface area contributed by atoms with E-state index in [2.05, 4.69) is 11.6 Å². The van der Waals surface area contributed by atoms with Gasteiger partial charge in [-0.25, -0.2) is 9.78 Å². The second-order valence-electron chi connectivity index (χ2n) is 5.01. The van der Waals surface area contributed by atoms with Gasteiger partial charge in [-0.15, -0.1) is 0 Å². The van der Waals surface area contributed by atoms with E-state index < -0.39 is 5.97 Å². The van der Waals surface area contributed by atoms with Crippen LogP contribution in [0.15, 0.2) is 67.1 Å². The molecule has 0 saturated heterocycles. The highest BCUT2D eigenvalue weighted by molar-refractivity contribution is 5.92. The third-order valence-electron chi connectivity index (χ3n) is 3.49. The molecular weight excluding hydrogens is 304 g/mol. The van der Waals surface area contributed by atoms with E-state index in [0.29, 0.717) is 5.82 Å². The molecule has 0 atom stereocenters. The van der Waals surface area contributed by atoms with Crippen LogP contribution >= 0.6 is 0 Å². The summed E-state index contributed by atoms with van der Waals surface area (Å²) in [5.74, 6) is 0.0757. The fourth-order valence-electron chi connectivity index (χ4n) is 2.17. The lowest BCUT2D eigenvalue weighted by Crippen LogP contribution is -2.25. The first-order chi connectivity index (χ1) is 11.6. The summed E-state index contributed by atoms with van der Waals surface area (Å²) in [6.07, 6.45) is 1.33. The zero-order chi connectivity index (χ0) is 17.5. The summed E-state index contributed by atoms with van der Waals surface area (Å²) in [7, 11) is 4.51. The van der Waals surface area contributed by atoms with Crippen LogP contribution in [0.5, 0.6) is 0 Å². The maximum Gasteiger partial charge on any atom is 0.357 e. The lowest BCUT2D eigenvalue weighted by atomic mass is 10.0. The lowest BCUT2D eigenvalue weighted by Gasteiger charge is -2.20. The number of methoxy groups -OCH3 is 2. The minimum Gasteiger partial charge on any atom is -0.502 e. The molecule has 1 aromatic heterocycles. The average molecular weight is 324 g/mol. The summed E-state index contributed by atoms with van der Waals surface area (Å²) < 4.78 is 9.75. The Balaban J connectivity index is 2.34. The Morgan fingerprint density at radius 2 is 1.83 bits per heavy atom. The van der Waals surface area contributed by atoms with Gasteiger partial charge in [0.05, 0.1) is 19.9 Å². The fourth-order valence-corrected chi connectivity index (χ4v) is 2.17. The molecule has 5 nitrogen and oxygen atoms in total. The second-order valence-corrected chi connectivity index (χ2v) is 5.01. The minimum atomic E-state index is -0.506. The smallest absolute Gasteiger partial charge is 0.357 e. The van der Waals surface area contributed by atoms with E-state index in [4.69, 9.17) is 9.47 Å². The highest BCUT2D eigenvalue weighted by Crippen LogP contribution is 2.23. The zero-order valence-electron chi connectivity index (χ0n) is 14.0. The van der Waals surface area contributed by atoms with Gasteiger partial charge in [0.15, 0.2) is 5.70 Å². The number of carbonyl (C=O) groups is 1. The van der Waals surface area contributed by atoms with Crippen molar-refractivity contribution in [3.05, 3.63) is 78.3 Å². The number of pyridine rings is 1. The quantitative estimate of drug-likeness (QED) is 0.464. The van der Waals surface area contributed by atoms with Gasteiger partial charge in [-0.1, -0.05) is 43.0 Å². The van der Waals surface area contributed by atoms with E-state index in [-0.39, 0.29) is 5.70 Å². The number of ether oxygens (including phenoxy) is 2. The van der Waals surface area contributed by atoms with E-state index >= 15 is 0 Å². The summed E-state index contributed by atoms with van der Waals surface area (Å²) in [5.41, 5.74) is 2.77. The molecule has 0 saturated carbocycles. The molecule has 5 heteroatoms. The van der Waals surface area contributed by atoms with Crippen LogP contribution in [-0.2, 0) is 14.3 Å². The first kappa shape index (κ1) is 17.3. The molecule has 0 spiro atoms. The Morgan fingerprint density at radius 1 is 1.12 bits per heavy atom. The van der Waals surface area contributed by atoms with Gasteiger partial charge in [0, 0.05) is 12.6 Å². The first-order valence-electron chi connectivity index (χ1n) is 7.35. The highest BCUT2D eigenvalue weighted by Gasteiger charge is 2.18. The Bertz CT molecular complexity index is 754. The summed E-state index contributed by atoms with van der Waals surface area (Å²) in [5, 5.41) is 0. The molecule has 0 bridgehead atoms. The van der Waals surface area contributed by atoms with Gasteiger partial charge < -0.3 is 14.4 Å². The molecule has 0 aliphatic heterocycles. The van der Waals surface area contributed by atoms with Gasteiger partial charge in [0.1, 0.15) is 12.1 Å². The standard InChI is InChI=1S/C19H20N2O3/c1-14(15-9-6-5-7-10-15)16-11-8-12-18(20-16)21(2)17(13-23-3)19(22)24-4/h5-13H,1H2,2-4H3. The summed E-state index contributed by atoms with van der Waals surface area (Å²) >= 11 is 0. The molecule has 0 amide bonds. The fraction of sp³-hybridized carbons (Fsp3) is 0.158. The van der Waals surface area contributed by atoms with Gasteiger partial charge >= 0.3 is 5.97 Å². The highest BCUT2D eigenvalue weighted by atomic mass is 16.5. The summed E-state index contributed by atoms with van der Waals surface area (Å²) in [6.45, 7) is 4.12. The molecular formula is C19H20N2O3. The number of esters is 1. The number of rotatable bonds is 6. The molecule has 2 aromatic rings. The Morgan fingerprint density at radius 3 is 2.46 bits per heavy atom. The maximum absolute atomic E-state index is 11.9. The molecule has 1 heterocycles. The number of hydrogen-bond acceptors (Lipinski definition) is 5. The van der Waals surface area contributed by atoms with Crippen molar-refractivity contribution in [1.82, 2.24) is 4.98 Å². The van der Waals surface area contributed by atoms with Crippen molar-refractivity contribution in [1.29, 1.82) is 0 Å². The molecule has 124 valence electrons. The van der Waals surface area contributed by atoms with Gasteiger partial charge in [-0.2, -0.15) is 0 Å². The van der Waals surface area contributed by atoms with Crippen molar-refractivity contribution < 1.29 is 14.3 Å². The molecule has 0 N–H and O–H groups in total. The topological polar surface area (TPSA) is 51.7 Å². The van der Waals surface area contributed by atoms with Gasteiger partial charge in [-0.05, 0) is 17.7 Å². The van der Waals surface area contributed by atoms with Crippen molar-refractivity contribution in [2.45, 2.75) is 0 Å². The van der Waals surface area contributed by atoms with Gasteiger partial charge in [-0.3, -0.25) is 0 Å². The Labute approximate surface area is 141 Å². The van der Waals surface area contributed by atoms with Crippen LogP contribution in [0.4, 0.5) is 5.82 Å². The Kier molecular flexibility index (Phi) is 5.73. The number of carbonyl (C=O) groups excluding carboxylic acids is 1. The Hall–Kier alpha value is -3.08. The minimum absolute atomic E-state index is 0.245. The normalized spacial score (nSPS) is 10.9. The molecule has 1 aromatic carbocycles. The summed E-state index contributed by atoms with van der Waals surface area (Å²) in [6, 6.07) is 15.4. The van der Waals surface area contributed by atoms with Crippen molar-refractivity contribution in [2.75, 3.05) is 26.2 Å². The van der Waals surface area contributed by atoms with Crippen molar-refractivity contribution >= 4 is 17.4 Å². The number of hydrogen-bond donors (Lipinski definition) is 0. The van der Waals surface area contributed by atoms with E-state index in [1.807, 2.05) is 42.5 Å². The van der Waals surface area contributed by atoms with Gasteiger partial charge in [0.2, 0.25) is 0 Å². The molecule has 0 radical (unpaired) electrons. The lowest BCUT2D eigenvalue weighted by molar-refractivity contribution is -0.136. The van der Waals surface area contributed by atoms with Crippen molar-refractivity contribution in [3.63, 3.8) is 0 Å². The monoisotopic (exact) mass is 324 g/mol. The summed E-state index contributed by atoms with van der Waals surface area (Å²) in [4.78, 5) is 18.1. The first-order valence-corrected chi connectivity index (χ1v) is 7.35.